The lowest BCUT2D eigenvalue weighted by atomic mass is 10.1. The van der Waals surface area contributed by atoms with Crippen LogP contribution in [0.25, 0.3) is 0 Å². The van der Waals surface area contributed by atoms with Gasteiger partial charge in [0.2, 0.25) is 0 Å². The third-order valence-corrected chi connectivity index (χ3v) is 4.36. The molecule has 2 aromatic rings. The van der Waals surface area contributed by atoms with Crippen molar-refractivity contribution in [1.82, 2.24) is 0 Å². The predicted molar refractivity (Wildman–Crippen MR) is 94.2 cm³/mol. The zero-order valence-electron chi connectivity index (χ0n) is 12.6. The van der Waals surface area contributed by atoms with E-state index in [4.69, 9.17) is 11.6 Å². The summed E-state index contributed by atoms with van der Waals surface area (Å²) in [6.45, 7) is 4.44. The Morgan fingerprint density at radius 1 is 1.27 bits per heavy atom. The molecule has 0 unspecified atom stereocenters. The second-order valence-electron chi connectivity index (χ2n) is 5.31. The van der Waals surface area contributed by atoms with E-state index in [1.165, 1.54) is 0 Å². The molecule has 0 aromatic heterocycles. The van der Waals surface area contributed by atoms with Crippen LogP contribution < -0.4 is 10.6 Å². The normalized spacial score (nSPS) is 12.0. The minimum Gasteiger partial charge on any atom is -0.333 e. The molecule has 3 nitrogen and oxygen atoms in total. The van der Waals surface area contributed by atoms with E-state index >= 15 is 0 Å². The van der Waals surface area contributed by atoms with Crippen LogP contribution in [0.15, 0.2) is 46.9 Å². The van der Waals surface area contributed by atoms with Crippen molar-refractivity contribution in [2.75, 3.05) is 11.9 Å². The summed E-state index contributed by atoms with van der Waals surface area (Å²) in [6, 6.07) is 13.8. The Hall–Kier alpha value is -1.36. The molecule has 0 bridgehead atoms. The van der Waals surface area contributed by atoms with E-state index in [0.717, 1.165) is 26.3 Å². The number of carbonyl (C=O) groups is 1. The van der Waals surface area contributed by atoms with Crippen LogP contribution in [0.4, 0.5) is 5.69 Å². The monoisotopic (exact) mass is 381 g/mol. The average Bonchev–Trinajstić information content (AvgIpc) is 2.48. The van der Waals surface area contributed by atoms with Crippen molar-refractivity contribution in [3.8, 4) is 0 Å². The van der Waals surface area contributed by atoms with Crippen LogP contribution in [0.3, 0.4) is 0 Å². The largest absolute Gasteiger partial charge is 0.333 e. The highest BCUT2D eigenvalue weighted by Crippen LogP contribution is 2.23. The molecule has 5 heteroatoms. The van der Waals surface area contributed by atoms with Gasteiger partial charge in [-0.1, -0.05) is 29.8 Å². The molecule has 22 heavy (non-hydrogen) atoms. The Kier molecular flexibility index (Phi) is 6.00. The lowest BCUT2D eigenvalue weighted by molar-refractivity contribution is -0.682. The van der Waals surface area contributed by atoms with E-state index in [1.807, 2.05) is 54.7 Å². The summed E-state index contributed by atoms with van der Waals surface area (Å²) in [6.07, 6.45) is 0. The molecular weight excluding hydrogens is 364 g/mol. The molecule has 1 atom stereocenters. The minimum atomic E-state index is -0.0228. The minimum absolute atomic E-state index is 0.0228. The number of rotatable bonds is 5. The Balaban J connectivity index is 1.88. The Labute approximate surface area is 144 Å². The number of aryl methyl sites for hydroxylation is 1. The van der Waals surface area contributed by atoms with Crippen molar-refractivity contribution in [2.45, 2.75) is 19.9 Å². The molecular formula is C17H19BrClN2O+. The van der Waals surface area contributed by atoms with Crippen molar-refractivity contribution in [3.63, 3.8) is 0 Å². The molecule has 0 aliphatic carbocycles. The molecule has 1 amide bonds. The standard InChI is InChI=1S/C17H18BrClN2O/c1-11-3-8-16(15(18)9-11)21-17(22)10-20-12(2)13-4-6-14(19)7-5-13/h3-9,12,20H,10H2,1-2H3,(H,21,22)/p+1/t12-/m1/s1. The van der Waals surface area contributed by atoms with E-state index in [9.17, 15) is 4.79 Å². The summed E-state index contributed by atoms with van der Waals surface area (Å²) in [5, 5.41) is 5.64. The van der Waals surface area contributed by atoms with E-state index in [0.29, 0.717) is 6.54 Å². The van der Waals surface area contributed by atoms with E-state index in [-0.39, 0.29) is 11.9 Å². The van der Waals surface area contributed by atoms with Crippen LogP contribution in [0, 0.1) is 6.92 Å². The summed E-state index contributed by atoms with van der Waals surface area (Å²) in [7, 11) is 0. The van der Waals surface area contributed by atoms with Crippen LogP contribution in [0.2, 0.25) is 5.02 Å². The van der Waals surface area contributed by atoms with Gasteiger partial charge in [0.25, 0.3) is 5.91 Å². The molecule has 0 saturated carbocycles. The third kappa shape index (κ3) is 4.83. The van der Waals surface area contributed by atoms with Crippen LogP contribution in [0.1, 0.15) is 24.1 Å². The van der Waals surface area contributed by atoms with Crippen molar-refractivity contribution in [3.05, 3.63) is 63.1 Å². The van der Waals surface area contributed by atoms with E-state index in [2.05, 4.69) is 28.2 Å². The number of hydrogen-bond acceptors (Lipinski definition) is 1. The van der Waals surface area contributed by atoms with Gasteiger partial charge < -0.3 is 10.6 Å². The molecule has 2 aromatic carbocycles. The van der Waals surface area contributed by atoms with Gasteiger partial charge in [0, 0.05) is 15.1 Å². The lowest BCUT2D eigenvalue weighted by Crippen LogP contribution is -2.86. The molecule has 0 spiro atoms. The zero-order valence-corrected chi connectivity index (χ0v) is 14.9. The zero-order chi connectivity index (χ0) is 16.1. The summed E-state index contributed by atoms with van der Waals surface area (Å²) in [5.74, 6) is -0.0228. The smallest absolute Gasteiger partial charge is 0.279 e. The molecule has 116 valence electrons. The van der Waals surface area contributed by atoms with E-state index in [1.54, 1.807) is 0 Å². The highest BCUT2D eigenvalue weighted by atomic mass is 79.9. The van der Waals surface area contributed by atoms with Crippen LogP contribution >= 0.6 is 27.5 Å². The van der Waals surface area contributed by atoms with Crippen LogP contribution in [0.5, 0.6) is 0 Å². The highest BCUT2D eigenvalue weighted by molar-refractivity contribution is 9.10. The van der Waals surface area contributed by atoms with Gasteiger partial charge in [-0.05, 0) is 59.6 Å². The van der Waals surface area contributed by atoms with Crippen LogP contribution in [-0.4, -0.2) is 12.5 Å². The molecule has 3 N–H and O–H groups in total. The number of halogens is 2. The number of carbonyl (C=O) groups excluding carboxylic acids is 1. The van der Waals surface area contributed by atoms with Crippen molar-refractivity contribution < 1.29 is 10.1 Å². The highest BCUT2D eigenvalue weighted by Gasteiger charge is 2.12. The Bertz CT molecular complexity index is 658. The first kappa shape index (κ1) is 17.0. The maximum Gasteiger partial charge on any atom is 0.279 e. The number of amides is 1. The molecule has 0 saturated heterocycles. The first-order valence-corrected chi connectivity index (χ1v) is 8.27. The van der Waals surface area contributed by atoms with Gasteiger partial charge in [0.15, 0.2) is 6.54 Å². The Morgan fingerprint density at radius 2 is 1.95 bits per heavy atom. The lowest BCUT2D eigenvalue weighted by Gasteiger charge is -2.12. The van der Waals surface area contributed by atoms with E-state index < -0.39 is 0 Å². The van der Waals surface area contributed by atoms with Gasteiger partial charge >= 0.3 is 0 Å². The molecule has 0 heterocycles. The van der Waals surface area contributed by atoms with Crippen molar-refractivity contribution in [1.29, 1.82) is 0 Å². The Morgan fingerprint density at radius 3 is 2.59 bits per heavy atom. The number of benzene rings is 2. The number of nitrogens with one attached hydrogen (secondary N) is 1. The van der Waals surface area contributed by atoms with Crippen molar-refractivity contribution >= 4 is 39.1 Å². The molecule has 0 fully saturated rings. The van der Waals surface area contributed by atoms with Gasteiger partial charge in [-0.3, -0.25) is 4.79 Å². The van der Waals surface area contributed by atoms with Gasteiger partial charge in [-0.25, -0.2) is 0 Å². The maximum absolute atomic E-state index is 12.1. The van der Waals surface area contributed by atoms with Gasteiger partial charge in [-0.2, -0.15) is 0 Å². The average molecular weight is 383 g/mol. The summed E-state index contributed by atoms with van der Waals surface area (Å²) in [4.78, 5) is 12.1. The quantitative estimate of drug-likeness (QED) is 0.814. The maximum atomic E-state index is 12.1. The topological polar surface area (TPSA) is 45.7 Å². The molecule has 0 aliphatic heterocycles. The first-order valence-electron chi connectivity index (χ1n) is 7.10. The summed E-state index contributed by atoms with van der Waals surface area (Å²) < 4.78 is 0.895. The number of hydrogen-bond donors (Lipinski definition) is 2. The van der Waals surface area contributed by atoms with Crippen molar-refractivity contribution in [2.24, 2.45) is 0 Å². The third-order valence-electron chi connectivity index (χ3n) is 3.45. The van der Waals surface area contributed by atoms with Gasteiger partial charge in [-0.15, -0.1) is 0 Å². The second kappa shape index (κ2) is 7.77. The first-order chi connectivity index (χ1) is 10.5. The molecule has 0 radical (unpaired) electrons. The van der Waals surface area contributed by atoms with Crippen LogP contribution in [-0.2, 0) is 4.79 Å². The SMILES string of the molecule is Cc1ccc(NC(=O)C[NH2+][C@H](C)c2ccc(Cl)cc2)c(Br)c1. The fourth-order valence-electron chi connectivity index (χ4n) is 2.11. The molecule has 0 aliphatic rings. The fraction of sp³-hybridized carbons (Fsp3) is 0.235. The predicted octanol–water partition coefficient (Wildman–Crippen LogP) is 3.67. The molecule has 2 rings (SSSR count). The van der Waals surface area contributed by atoms with Gasteiger partial charge in [0.05, 0.1) is 5.69 Å². The fourth-order valence-corrected chi connectivity index (χ4v) is 2.83. The number of anilines is 1. The number of quaternary nitrogens is 1. The summed E-state index contributed by atoms with van der Waals surface area (Å²) in [5.41, 5.74) is 3.09. The summed E-state index contributed by atoms with van der Waals surface area (Å²) >= 11 is 9.34. The second-order valence-corrected chi connectivity index (χ2v) is 6.60. The van der Waals surface area contributed by atoms with Gasteiger partial charge in [0.1, 0.15) is 6.04 Å². The number of nitrogens with two attached hydrogens (primary N) is 1.